The van der Waals surface area contributed by atoms with Gasteiger partial charge in [0.15, 0.2) is 0 Å². The molecule has 0 aromatic heterocycles. The van der Waals surface area contributed by atoms with Crippen molar-refractivity contribution in [2.75, 3.05) is 17.2 Å². The van der Waals surface area contributed by atoms with Crippen LogP contribution in [0.15, 0.2) is 55.1 Å². The molecule has 0 fully saturated rings. The van der Waals surface area contributed by atoms with Gasteiger partial charge in [0.1, 0.15) is 12.4 Å². The van der Waals surface area contributed by atoms with Crippen molar-refractivity contribution in [1.82, 2.24) is 0 Å². The Morgan fingerprint density at radius 1 is 1.11 bits per heavy atom. The van der Waals surface area contributed by atoms with E-state index in [1.807, 2.05) is 0 Å². The van der Waals surface area contributed by atoms with E-state index in [0.29, 0.717) is 12.4 Å². The number of halogens is 3. The van der Waals surface area contributed by atoms with Crippen molar-refractivity contribution in [3.63, 3.8) is 0 Å². The number of alkyl halides is 3. The van der Waals surface area contributed by atoms with E-state index in [0.717, 1.165) is 12.1 Å². The molecule has 0 bridgehead atoms. The molecule has 5 nitrogen and oxygen atoms in total. The summed E-state index contributed by atoms with van der Waals surface area (Å²) in [5, 5.41) is 4.53. The molecule has 2 rings (SSSR count). The van der Waals surface area contributed by atoms with E-state index >= 15 is 0 Å². The molecule has 2 amide bonds. The van der Waals surface area contributed by atoms with Gasteiger partial charge in [0.2, 0.25) is 5.91 Å². The van der Waals surface area contributed by atoms with Crippen LogP contribution >= 0.6 is 0 Å². The minimum atomic E-state index is -4.71. The van der Waals surface area contributed by atoms with Gasteiger partial charge >= 0.3 is 6.18 Å². The molecule has 27 heavy (non-hydrogen) atoms. The Morgan fingerprint density at radius 2 is 1.78 bits per heavy atom. The van der Waals surface area contributed by atoms with Crippen molar-refractivity contribution in [2.24, 2.45) is 0 Å². The highest BCUT2D eigenvalue weighted by Gasteiger charge is 2.34. The fraction of sp³-hybridized carbons (Fsp3) is 0.158. The van der Waals surface area contributed by atoms with Crippen molar-refractivity contribution < 1.29 is 27.5 Å². The molecule has 0 heterocycles. The second-order valence-corrected chi connectivity index (χ2v) is 5.52. The van der Waals surface area contributed by atoms with E-state index in [1.165, 1.54) is 37.3 Å². The summed E-state index contributed by atoms with van der Waals surface area (Å²) in [6, 6.07) is 9.07. The summed E-state index contributed by atoms with van der Waals surface area (Å²) in [4.78, 5) is 23.3. The number of carbonyl (C=O) groups excluding carboxylic acids is 2. The molecular formula is C19H17F3N2O3. The highest BCUT2D eigenvalue weighted by Crippen LogP contribution is 2.36. The highest BCUT2D eigenvalue weighted by atomic mass is 19.4. The first kappa shape index (κ1) is 20.0. The Labute approximate surface area is 153 Å². The van der Waals surface area contributed by atoms with Gasteiger partial charge in [-0.2, -0.15) is 13.2 Å². The van der Waals surface area contributed by atoms with E-state index < -0.39 is 29.2 Å². The van der Waals surface area contributed by atoms with Crippen LogP contribution in [0.25, 0.3) is 0 Å². The maximum atomic E-state index is 13.3. The lowest BCUT2D eigenvalue weighted by Gasteiger charge is -2.15. The third-order valence-electron chi connectivity index (χ3n) is 3.38. The quantitative estimate of drug-likeness (QED) is 0.729. The van der Waals surface area contributed by atoms with Gasteiger partial charge in [0.05, 0.1) is 11.3 Å². The van der Waals surface area contributed by atoms with Gasteiger partial charge in [-0.05, 0) is 42.5 Å². The molecule has 0 radical (unpaired) electrons. The van der Waals surface area contributed by atoms with Crippen LogP contribution in [-0.4, -0.2) is 18.4 Å². The summed E-state index contributed by atoms with van der Waals surface area (Å²) in [5.41, 5.74) is -1.32. The average Bonchev–Trinajstić information content (AvgIpc) is 2.60. The number of amides is 2. The predicted molar refractivity (Wildman–Crippen MR) is 95.8 cm³/mol. The smallest absolute Gasteiger partial charge is 0.418 e. The van der Waals surface area contributed by atoms with Gasteiger partial charge < -0.3 is 15.4 Å². The third kappa shape index (κ3) is 5.60. The molecule has 0 aliphatic carbocycles. The van der Waals surface area contributed by atoms with Gasteiger partial charge in [0, 0.05) is 18.2 Å². The fourth-order valence-electron chi connectivity index (χ4n) is 2.22. The molecule has 0 unspecified atom stereocenters. The Morgan fingerprint density at radius 3 is 2.33 bits per heavy atom. The molecule has 0 aliphatic heterocycles. The lowest BCUT2D eigenvalue weighted by Crippen LogP contribution is -2.17. The molecule has 142 valence electrons. The standard InChI is InChI=1S/C19H17F3N2O3/c1-3-10-27-15-7-4-13(5-8-15)18(26)24-17-9-6-14(23-12(2)25)11-16(17)19(20,21)22/h3-9,11H,1,10H2,2H3,(H,23,25)(H,24,26). The van der Waals surface area contributed by atoms with Crippen LogP contribution in [0.1, 0.15) is 22.8 Å². The van der Waals surface area contributed by atoms with Crippen molar-refractivity contribution in [3.8, 4) is 5.75 Å². The first-order valence-electron chi connectivity index (χ1n) is 7.84. The molecule has 8 heteroatoms. The summed E-state index contributed by atoms with van der Waals surface area (Å²) < 4.78 is 45.2. The average molecular weight is 378 g/mol. The monoisotopic (exact) mass is 378 g/mol. The van der Waals surface area contributed by atoms with Gasteiger partial charge in [-0.15, -0.1) is 0 Å². The van der Waals surface area contributed by atoms with Gasteiger partial charge in [0.25, 0.3) is 5.91 Å². The number of carbonyl (C=O) groups is 2. The van der Waals surface area contributed by atoms with E-state index in [-0.39, 0.29) is 11.3 Å². The van der Waals surface area contributed by atoms with E-state index in [4.69, 9.17) is 4.74 Å². The van der Waals surface area contributed by atoms with Crippen molar-refractivity contribution >= 4 is 23.2 Å². The van der Waals surface area contributed by atoms with Gasteiger partial charge in [-0.25, -0.2) is 0 Å². The highest BCUT2D eigenvalue weighted by molar-refractivity contribution is 6.05. The van der Waals surface area contributed by atoms with E-state index in [1.54, 1.807) is 6.08 Å². The summed E-state index contributed by atoms with van der Waals surface area (Å²) in [7, 11) is 0. The Hall–Kier alpha value is -3.29. The van der Waals surface area contributed by atoms with Crippen LogP contribution < -0.4 is 15.4 Å². The fourth-order valence-corrected chi connectivity index (χ4v) is 2.22. The first-order valence-corrected chi connectivity index (χ1v) is 7.84. The third-order valence-corrected chi connectivity index (χ3v) is 3.38. The van der Waals surface area contributed by atoms with Crippen LogP contribution in [0, 0.1) is 0 Å². The molecule has 0 spiro atoms. The Bertz CT molecular complexity index is 846. The normalized spacial score (nSPS) is 10.8. The molecule has 0 saturated heterocycles. The second-order valence-electron chi connectivity index (χ2n) is 5.52. The number of hydrogen-bond acceptors (Lipinski definition) is 3. The zero-order valence-electron chi connectivity index (χ0n) is 14.4. The Kier molecular flexibility index (Phi) is 6.23. The van der Waals surface area contributed by atoms with Crippen molar-refractivity contribution in [2.45, 2.75) is 13.1 Å². The lowest BCUT2D eigenvalue weighted by molar-refractivity contribution is -0.137. The largest absolute Gasteiger partial charge is 0.490 e. The van der Waals surface area contributed by atoms with E-state index in [2.05, 4.69) is 17.2 Å². The van der Waals surface area contributed by atoms with Crippen molar-refractivity contribution in [1.29, 1.82) is 0 Å². The topological polar surface area (TPSA) is 67.4 Å². The molecule has 2 aromatic rings. The SMILES string of the molecule is C=CCOc1ccc(C(=O)Nc2ccc(NC(C)=O)cc2C(F)(F)F)cc1. The van der Waals surface area contributed by atoms with Crippen LogP contribution in [-0.2, 0) is 11.0 Å². The molecule has 0 saturated carbocycles. The van der Waals surface area contributed by atoms with Crippen LogP contribution in [0.5, 0.6) is 5.75 Å². The van der Waals surface area contributed by atoms with Crippen LogP contribution in [0.4, 0.5) is 24.5 Å². The van der Waals surface area contributed by atoms with Gasteiger partial charge in [-0.3, -0.25) is 9.59 Å². The second kappa shape index (κ2) is 8.39. The molecule has 0 atom stereocenters. The Balaban J connectivity index is 2.23. The van der Waals surface area contributed by atoms with Crippen molar-refractivity contribution in [3.05, 3.63) is 66.2 Å². The number of nitrogens with one attached hydrogen (secondary N) is 2. The molecule has 2 aromatic carbocycles. The number of rotatable bonds is 6. The zero-order valence-corrected chi connectivity index (χ0v) is 14.4. The maximum Gasteiger partial charge on any atom is 0.418 e. The zero-order chi connectivity index (χ0) is 20.0. The number of benzene rings is 2. The van der Waals surface area contributed by atoms with Crippen LogP contribution in [0.3, 0.4) is 0 Å². The maximum absolute atomic E-state index is 13.3. The minimum absolute atomic E-state index is 0.0171. The minimum Gasteiger partial charge on any atom is -0.490 e. The summed E-state index contributed by atoms with van der Waals surface area (Å²) in [6.07, 6.45) is -3.15. The number of ether oxygens (including phenoxy) is 1. The molecule has 0 aliphatic rings. The lowest BCUT2D eigenvalue weighted by atomic mass is 10.1. The molecular weight excluding hydrogens is 361 g/mol. The van der Waals surface area contributed by atoms with Crippen LogP contribution in [0.2, 0.25) is 0 Å². The predicted octanol–water partition coefficient (Wildman–Crippen LogP) is 4.48. The number of hydrogen-bond donors (Lipinski definition) is 2. The van der Waals surface area contributed by atoms with E-state index in [9.17, 15) is 22.8 Å². The molecule has 2 N–H and O–H groups in total. The first-order chi connectivity index (χ1) is 12.7. The summed E-state index contributed by atoms with van der Waals surface area (Å²) in [6.45, 7) is 4.99. The number of anilines is 2. The van der Waals surface area contributed by atoms with Gasteiger partial charge in [-0.1, -0.05) is 12.7 Å². The summed E-state index contributed by atoms with van der Waals surface area (Å²) >= 11 is 0. The summed E-state index contributed by atoms with van der Waals surface area (Å²) in [5.74, 6) is -0.705.